The summed E-state index contributed by atoms with van der Waals surface area (Å²) >= 11 is 0. The monoisotopic (exact) mass is 280 g/mol. The number of nitrogens with one attached hydrogen (secondary N) is 1. The van der Waals surface area contributed by atoms with Crippen LogP contribution in [-0.2, 0) is 6.42 Å². The van der Waals surface area contributed by atoms with Crippen molar-refractivity contribution in [3.05, 3.63) is 42.3 Å². The predicted molar refractivity (Wildman–Crippen MR) is 79.8 cm³/mol. The van der Waals surface area contributed by atoms with Crippen molar-refractivity contribution in [3.8, 4) is 11.5 Å². The van der Waals surface area contributed by atoms with E-state index in [-0.39, 0.29) is 0 Å². The molecule has 0 bridgehead atoms. The fourth-order valence-corrected chi connectivity index (χ4v) is 2.77. The normalized spacial score (nSPS) is 18.4. The third-order valence-electron chi connectivity index (χ3n) is 3.88. The summed E-state index contributed by atoms with van der Waals surface area (Å²) in [5.74, 6) is 1.24. The van der Waals surface area contributed by atoms with Gasteiger partial charge >= 0.3 is 0 Å². The average Bonchev–Trinajstić information content (AvgIpc) is 3.19. The van der Waals surface area contributed by atoms with Crippen molar-refractivity contribution < 1.29 is 4.52 Å². The Labute approximate surface area is 122 Å². The van der Waals surface area contributed by atoms with E-state index in [9.17, 15) is 0 Å². The van der Waals surface area contributed by atoms with Crippen molar-refractivity contribution in [2.45, 2.75) is 25.3 Å². The van der Waals surface area contributed by atoms with Crippen molar-refractivity contribution in [1.29, 1.82) is 0 Å². The maximum atomic E-state index is 5.35. The first-order chi connectivity index (χ1) is 10.4. The van der Waals surface area contributed by atoms with Gasteiger partial charge in [0.25, 0.3) is 0 Å². The molecule has 0 radical (unpaired) electrons. The topological polar surface area (TPSA) is 63.8 Å². The smallest absolute Gasteiger partial charge is 0.228 e. The number of aromatic nitrogens is 3. The molecule has 21 heavy (non-hydrogen) atoms. The second-order valence-corrected chi connectivity index (χ2v) is 5.40. The van der Waals surface area contributed by atoms with Gasteiger partial charge in [0.1, 0.15) is 5.69 Å². The Morgan fingerprint density at radius 2 is 2.10 bits per heavy atom. The molecule has 1 atom stereocenters. The number of fused-ring (bicyclic) bond motifs is 1. The second-order valence-electron chi connectivity index (χ2n) is 5.40. The number of benzene rings is 1. The first-order valence-corrected chi connectivity index (χ1v) is 7.31. The molecular formula is C16H16N4O. The van der Waals surface area contributed by atoms with Crippen LogP contribution >= 0.6 is 0 Å². The summed E-state index contributed by atoms with van der Waals surface area (Å²) in [5, 5.41) is 8.61. The van der Waals surface area contributed by atoms with E-state index in [1.165, 1.54) is 12.8 Å². The van der Waals surface area contributed by atoms with Gasteiger partial charge < -0.3 is 9.84 Å². The maximum absolute atomic E-state index is 5.35. The van der Waals surface area contributed by atoms with Gasteiger partial charge in [-0.25, -0.2) is 4.98 Å². The zero-order valence-electron chi connectivity index (χ0n) is 11.6. The average molecular weight is 280 g/mol. The third-order valence-corrected chi connectivity index (χ3v) is 3.88. The number of para-hydroxylation sites is 1. The zero-order valence-corrected chi connectivity index (χ0v) is 11.6. The summed E-state index contributed by atoms with van der Waals surface area (Å²) in [6.45, 7) is 1.08. The quantitative estimate of drug-likeness (QED) is 0.799. The van der Waals surface area contributed by atoms with Gasteiger partial charge in [0, 0.05) is 17.8 Å². The number of hydrogen-bond donors (Lipinski definition) is 1. The molecule has 1 aliphatic rings. The standard InChI is InChI=1S/C16H16N4O/c1-2-6-13-11(4-1)7-8-14(18-13)16-19-15(21-20-16)10-12-5-3-9-17-12/h1-2,4,6-8,12,17H,3,5,9-10H2. The van der Waals surface area contributed by atoms with Crippen LogP contribution in [0, 0.1) is 0 Å². The Hall–Kier alpha value is -2.27. The van der Waals surface area contributed by atoms with Crippen LogP contribution in [0.2, 0.25) is 0 Å². The van der Waals surface area contributed by atoms with E-state index in [0.717, 1.165) is 29.6 Å². The van der Waals surface area contributed by atoms with Gasteiger partial charge in [-0.15, -0.1) is 0 Å². The van der Waals surface area contributed by atoms with E-state index in [4.69, 9.17) is 4.52 Å². The fraction of sp³-hybridized carbons (Fsp3) is 0.312. The van der Waals surface area contributed by atoms with Crippen LogP contribution in [0.5, 0.6) is 0 Å². The minimum absolute atomic E-state index is 0.461. The minimum atomic E-state index is 0.461. The molecule has 1 N–H and O–H groups in total. The van der Waals surface area contributed by atoms with Crippen LogP contribution in [0.3, 0.4) is 0 Å². The minimum Gasteiger partial charge on any atom is -0.339 e. The summed E-state index contributed by atoms with van der Waals surface area (Å²) in [4.78, 5) is 9.06. The van der Waals surface area contributed by atoms with Crippen molar-refractivity contribution in [1.82, 2.24) is 20.4 Å². The van der Waals surface area contributed by atoms with Gasteiger partial charge in [-0.2, -0.15) is 4.98 Å². The Kier molecular flexibility index (Phi) is 3.12. The summed E-state index contributed by atoms with van der Waals surface area (Å²) in [5.41, 5.74) is 1.70. The highest BCUT2D eigenvalue weighted by Gasteiger charge is 2.18. The SMILES string of the molecule is c1ccc2nc(-c3noc(CC4CCCN4)n3)ccc2c1. The Morgan fingerprint density at radius 1 is 1.14 bits per heavy atom. The van der Waals surface area contributed by atoms with Crippen LogP contribution in [0.4, 0.5) is 0 Å². The van der Waals surface area contributed by atoms with Gasteiger partial charge in [-0.3, -0.25) is 0 Å². The largest absolute Gasteiger partial charge is 0.339 e. The van der Waals surface area contributed by atoms with Gasteiger partial charge in [0.05, 0.1) is 5.52 Å². The molecule has 106 valence electrons. The molecule has 0 amide bonds. The highest BCUT2D eigenvalue weighted by Crippen LogP contribution is 2.19. The van der Waals surface area contributed by atoms with Gasteiger partial charge in [0.15, 0.2) is 0 Å². The second kappa shape index (κ2) is 5.26. The summed E-state index contributed by atoms with van der Waals surface area (Å²) in [6, 6.07) is 12.4. The molecule has 1 fully saturated rings. The van der Waals surface area contributed by atoms with Crippen LogP contribution in [0.15, 0.2) is 40.9 Å². The molecule has 0 spiro atoms. The lowest BCUT2D eigenvalue weighted by Gasteiger charge is -2.04. The molecule has 1 saturated heterocycles. The van der Waals surface area contributed by atoms with E-state index in [1.54, 1.807) is 0 Å². The molecule has 0 aliphatic carbocycles. The van der Waals surface area contributed by atoms with E-state index < -0.39 is 0 Å². The zero-order chi connectivity index (χ0) is 14.1. The fourth-order valence-electron chi connectivity index (χ4n) is 2.77. The molecule has 3 heterocycles. The lowest BCUT2D eigenvalue weighted by atomic mass is 10.1. The van der Waals surface area contributed by atoms with Crippen LogP contribution < -0.4 is 5.32 Å². The lowest BCUT2D eigenvalue weighted by molar-refractivity contribution is 0.364. The van der Waals surface area contributed by atoms with Gasteiger partial charge in [0.2, 0.25) is 11.7 Å². The summed E-state index contributed by atoms with van der Waals surface area (Å²) in [6.07, 6.45) is 3.18. The van der Waals surface area contributed by atoms with Crippen molar-refractivity contribution in [2.24, 2.45) is 0 Å². The van der Waals surface area contributed by atoms with E-state index in [2.05, 4.69) is 20.4 Å². The Morgan fingerprint density at radius 3 is 3.00 bits per heavy atom. The van der Waals surface area contributed by atoms with Crippen LogP contribution in [-0.4, -0.2) is 27.7 Å². The summed E-state index contributed by atoms with van der Waals surface area (Å²) < 4.78 is 5.35. The molecule has 1 unspecified atom stereocenters. The highest BCUT2D eigenvalue weighted by atomic mass is 16.5. The number of pyridine rings is 1. The molecule has 4 rings (SSSR count). The number of hydrogen-bond acceptors (Lipinski definition) is 5. The van der Waals surface area contributed by atoms with Crippen molar-refractivity contribution >= 4 is 10.9 Å². The van der Waals surface area contributed by atoms with E-state index in [0.29, 0.717) is 17.8 Å². The molecule has 1 aromatic carbocycles. The van der Waals surface area contributed by atoms with E-state index in [1.807, 2.05) is 36.4 Å². The van der Waals surface area contributed by atoms with Crippen molar-refractivity contribution in [3.63, 3.8) is 0 Å². The van der Waals surface area contributed by atoms with E-state index >= 15 is 0 Å². The molecule has 2 aromatic heterocycles. The Bertz CT molecular complexity index is 762. The first kappa shape index (κ1) is 12.5. The number of rotatable bonds is 3. The molecule has 1 aliphatic heterocycles. The maximum Gasteiger partial charge on any atom is 0.228 e. The van der Waals surface area contributed by atoms with Crippen molar-refractivity contribution in [2.75, 3.05) is 6.54 Å². The highest BCUT2D eigenvalue weighted by molar-refractivity contribution is 5.80. The molecule has 5 nitrogen and oxygen atoms in total. The lowest BCUT2D eigenvalue weighted by Crippen LogP contribution is -2.23. The number of nitrogens with zero attached hydrogens (tertiary/aromatic N) is 3. The van der Waals surface area contributed by atoms with Gasteiger partial charge in [-0.05, 0) is 31.5 Å². The van der Waals surface area contributed by atoms with Crippen LogP contribution in [0.1, 0.15) is 18.7 Å². The van der Waals surface area contributed by atoms with Crippen LogP contribution in [0.25, 0.3) is 22.4 Å². The summed E-state index contributed by atoms with van der Waals surface area (Å²) in [7, 11) is 0. The van der Waals surface area contributed by atoms with Gasteiger partial charge in [-0.1, -0.05) is 29.4 Å². The molecule has 5 heteroatoms. The molecule has 0 saturated carbocycles. The molecular weight excluding hydrogens is 264 g/mol. The third kappa shape index (κ3) is 2.52. The predicted octanol–water partition coefficient (Wildman–Crippen LogP) is 2.58. The Balaban J connectivity index is 1.61. The molecule has 3 aromatic rings. The first-order valence-electron chi connectivity index (χ1n) is 7.31.